The van der Waals surface area contributed by atoms with E-state index in [1.165, 1.54) is 10.5 Å². The predicted octanol–water partition coefficient (Wildman–Crippen LogP) is 2.24. The minimum Gasteiger partial charge on any atom is -0.354 e. The SMILES string of the molecule is CC(C)Cc1ccc(CC(=O)NCCN2C(=O)CSC2=O)cc1. The zero-order valence-corrected chi connectivity index (χ0v) is 14.3. The number of nitrogens with zero attached hydrogens (tertiary/aromatic N) is 1. The average molecular weight is 334 g/mol. The molecule has 1 aromatic rings. The molecule has 1 fully saturated rings. The summed E-state index contributed by atoms with van der Waals surface area (Å²) in [5, 5.41) is 2.52. The molecule has 3 amide bonds. The number of carbonyl (C=O) groups is 3. The van der Waals surface area contributed by atoms with E-state index >= 15 is 0 Å². The van der Waals surface area contributed by atoms with Crippen LogP contribution in [0.1, 0.15) is 25.0 Å². The van der Waals surface area contributed by atoms with E-state index in [0.29, 0.717) is 18.9 Å². The van der Waals surface area contributed by atoms with Crippen molar-refractivity contribution in [2.45, 2.75) is 26.7 Å². The highest BCUT2D eigenvalue weighted by atomic mass is 32.2. The van der Waals surface area contributed by atoms with E-state index in [-0.39, 0.29) is 29.4 Å². The van der Waals surface area contributed by atoms with Crippen LogP contribution in [0, 0.1) is 5.92 Å². The highest BCUT2D eigenvalue weighted by molar-refractivity contribution is 8.14. The smallest absolute Gasteiger partial charge is 0.288 e. The first-order valence-electron chi connectivity index (χ1n) is 7.77. The Kier molecular flexibility index (Phi) is 6.21. The lowest BCUT2D eigenvalue weighted by atomic mass is 10.0. The van der Waals surface area contributed by atoms with Gasteiger partial charge in [0, 0.05) is 13.1 Å². The van der Waals surface area contributed by atoms with Crippen LogP contribution in [0.3, 0.4) is 0 Å². The van der Waals surface area contributed by atoms with E-state index in [0.717, 1.165) is 23.7 Å². The summed E-state index contributed by atoms with van der Waals surface area (Å²) in [7, 11) is 0. The van der Waals surface area contributed by atoms with Crippen molar-refractivity contribution in [2.24, 2.45) is 5.92 Å². The van der Waals surface area contributed by atoms with Crippen LogP contribution in [0.4, 0.5) is 4.79 Å². The lowest BCUT2D eigenvalue weighted by Crippen LogP contribution is -2.37. The quantitative estimate of drug-likeness (QED) is 0.830. The molecule has 0 atom stereocenters. The molecule has 1 aliphatic rings. The molecule has 23 heavy (non-hydrogen) atoms. The Morgan fingerprint density at radius 1 is 1.22 bits per heavy atom. The van der Waals surface area contributed by atoms with Gasteiger partial charge < -0.3 is 5.32 Å². The molecule has 0 aromatic heterocycles. The first kappa shape index (κ1) is 17.5. The number of carbonyl (C=O) groups excluding carboxylic acids is 3. The van der Waals surface area contributed by atoms with Gasteiger partial charge in [-0.3, -0.25) is 19.3 Å². The van der Waals surface area contributed by atoms with Gasteiger partial charge >= 0.3 is 0 Å². The van der Waals surface area contributed by atoms with Crippen molar-refractivity contribution in [3.05, 3.63) is 35.4 Å². The molecule has 5 nitrogen and oxygen atoms in total. The van der Waals surface area contributed by atoms with Crippen molar-refractivity contribution in [2.75, 3.05) is 18.8 Å². The standard InChI is InChI=1S/C17H22N2O3S/c1-12(2)9-13-3-5-14(6-4-13)10-15(20)18-7-8-19-16(21)11-23-17(19)22/h3-6,12H,7-11H2,1-2H3,(H,18,20). The summed E-state index contributed by atoms with van der Waals surface area (Å²) in [6.07, 6.45) is 1.33. The minimum absolute atomic E-state index is 0.103. The van der Waals surface area contributed by atoms with Crippen molar-refractivity contribution >= 4 is 28.8 Å². The van der Waals surface area contributed by atoms with Gasteiger partial charge in [-0.2, -0.15) is 0 Å². The Morgan fingerprint density at radius 2 is 1.87 bits per heavy atom. The number of nitrogens with one attached hydrogen (secondary N) is 1. The van der Waals surface area contributed by atoms with E-state index < -0.39 is 0 Å². The molecule has 1 saturated heterocycles. The van der Waals surface area contributed by atoms with Gasteiger partial charge in [0.25, 0.3) is 5.24 Å². The normalized spacial score (nSPS) is 14.7. The van der Waals surface area contributed by atoms with Gasteiger partial charge in [-0.15, -0.1) is 0 Å². The van der Waals surface area contributed by atoms with Gasteiger partial charge in [-0.1, -0.05) is 49.9 Å². The maximum atomic E-state index is 11.9. The summed E-state index contributed by atoms with van der Waals surface area (Å²) in [6.45, 7) is 4.89. The molecule has 0 spiro atoms. The summed E-state index contributed by atoms with van der Waals surface area (Å²) >= 11 is 1.01. The third-order valence-electron chi connectivity index (χ3n) is 3.53. The lowest BCUT2D eigenvalue weighted by Gasteiger charge is -2.13. The average Bonchev–Trinajstić information content (AvgIpc) is 2.80. The van der Waals surface area contributed by atoms with Crippen LogP contribution in [0.25, 0.3) is 0 Å². The fourth-order valence-corrected chi connectivity index (χ4v) is 3.17. The number of amides is 3. The van der Waals surface area contributed by atoms with Gasteiger partial charge in [0.15, 0.2) is 0 Å². The number of thioether (sulfide) groups is 1. The molecule has 0 saturated carbocycles. The maximum Gasteiger partial charge on any atom is 0.288 e. The highest BCUT2D eigenvalue weighted by Crippen LogP contribution is 2.17. The fourth-order valence-electron chi connectivity index (χ4n) is 2.42. The zero-order valence-electron chi connectivity index (χ0n) is 13.5. The van der Waals surface area contributed by atoms with Crippen molar-refractivity contribution in [1.29, 1.82) is 0 Å². The van der Waals surface area contributed by atoms with E-state index in [4.69, 9.17) is 0 Å². The van der Waals surface area contributed by atoms with Gasteiger partial charge in [-0.25, -0.2) is 0 Å². The topological polar surface area (TPSA) is 66.5 Å². The molecule has 0 unspecified atom stereocenters. The van der Waals surface area contributed by atoms with Crippen LogP contribution in [0.15, 0.2) is 24.3 Å². The van der Waals surface area contributed by atoms with Crippen LogP contribution < -0.4 is 5.32 Å². The van der Waals surface area contributed by atoms with Crippen LogP contribution in [0.2, 0.25) is 0 Å². The second-order valence-electron chi connectivity index (χ2n) is 6.04. The van der Waals surface area contributed by atoms with Gasteiger partial charge in [0.1, 0.15) is 0 Å². The second kappa shape index (κ2) is 8.15. The first-order chi connectivity index (χ1) is 11.0. The summed E-state index contributed by atoms with van der Waals surface area (Å²) in [6, 6.07) is 8.06. The third kappa shape index (κ3) is 5.39. The molecular formula is C17H22N2O3S. The Hall–Kier alpha value is -1.82. The summed E-state index contributed by atoms with van der Waals surface area (Å²) < 4.78 is 0. The van der Waals surface area contributed by atoms with Gasteiger partial charge in [0.05, 0.1) is 12.2 Å². The molecule has 0 bridgehead atoms. The minimum atomic E-state index is -0.231. The number of hydrogen-bond acceptors (Lipinski definition) is 4. The number of rotatable bonds is 7. The second-order valence-corrected chi connectivity index (χ2v) is 6.97. The summed E-state index contributed by atoms with van der Waals surface area (Å²) in [4.78, 5) is 35.9. The zero-order chi connectivity index (χ0) is 16.8. The van der Waals surface area contributed by atoms with Crippen molar-refractivity contribution in [1.82, 2.24) is 10.2 Å². The largest absolute Gasteiger partial charge is 0.354 e. The molecule has 124 valence electrons. The van der Waals surface area contributed by atoms with Crippen LogP contribution in [-0.4, -0.2) is 40.8 Å². The number of benzene rings is 1. The highest BCUT2D eigenvalue weighted by Gasteiger charge is 2.29. The monoisotopic (exact) mass is 334 g/mol. The van der Waals surface area contributed by atoms with Gasteiger partial charge in [0.2, 0.25) is 11.8 Å². The van der Waals surface area contributed by atoms with E-state index in [1.54, 1.807) is 0 Å². The molecular weight excluding hydrogens is 312 g/mol. The molecule has 0 aliphatic carbocycles. The van der Waals surface area contributed by atoms with E-state index in [9.17, 15) is 14.4 Å². The van der Waals surface area contributed by atoms with Crippen LogP contribution in [0.5, 0.6) is 0 Å². The van der Waals surface area contributed by atoms with Crippen molar-refractivity contribution in [3.8, 4) is 0 Å². The van der Waals surface area contributed by atoms with Crippen molar-refractivity contribution < 1.29 is 14.4 Å². The Bertz CT molecular complexity index is 568. The molecule has 1 N–H and O–H groups in total. The number of hydrogen-bond donors (Lipinski definition) is 1. The Balaban J connectivity index is 1.74. The molecule has 1 heterocycles. The maximum absolute atomic E-state index is 11.9. The van der Waals surface area contributed by atoms with Gasteiger partial charge in [-0.05, 0) is 23.5 Å². The molecule has 1 aliphatic heterocycles. The summed E-state index contributed by atoms with van der Waals surface area (Å²) in [5.41, 5.74) is 2.23. The first-order valence-corrected chi connectivity index (χ1v) is 8.76. The molecule has 1 aromatic carbocycles. The summed E-state index contributed by atoms with van der Waals surface area (Å²) in [5.74, 6) is 0.525. The van der Waals surface area contributed by atoms with Crippen LogP contribution in [-0.2, 0) is 22.4 Å². The number of imide groups is 1. The Labute approximate surface area is 140 Å². The lowest BCUT2D eigenvalue weighted by molar-refractivity contribution is -0.125. The Morgan fingerprint density at radius 3 is 2.43 bits per heavy atom. The van der Waals surface area contributed by atoms with Crippen molar-refractivity contribution in [3.63, 3.8) is 0 Å². The fraction of sp³-hybridized carbons (Fsp3) is 0.471. The molecule has 0 radical (unpaired) electrons. The molecule has 2 rings (SSSR count). The predicted molar refractivity (Wildman–Crippen MR) is 91.3 cm³/mol. The molecule has 6 heteroatoms. The third-order valence-corrected chi connectivity index (χ3v) is 4.39. The van der Waals surface area contributed by atoms with Crippen LogP contribution >= 0.6 is 11.8 Å². The van der Waals surface area contributed by atoms with E-state index in [1.807, 2.05) is 12.1 Å². The van der Waals surface area contributed by atoms with E-state index in [2.05, 4.69) is 31.3 Å².